The highest BCUT2D eigenvalue weighted by Gasteiger charge is 2.33. The van der Waals surface area contributed by atoms with Gasteiger partial charge in [0, 0.05) is 13.1 Å². The zero-order chi connectivity index (χ0) is 22.0. The van der Waals surface area contributed by atoms with Crippen LogP contribution in [0.5, 0.6) is 11.5 Å². The number of thiazole rings is 1. The minimum Gasteiger partial charge on any atom is -0.485 e. The van der Waals surface area contributed by atoms with Crippen LogP contribution in [0.3, 0.4) is 0 Å². The predicted molar refractivity (Wildman–Crippen MR) is 133 cm³/mol. The lowest BCUT2D eigenvalue weighted by molar-refractivity contribution is -0.127. The Morgan fingerprint density at radius 1 is 1.12 bits per heavy atom. The van der Waals surface area contributed by atoms with Crippen LogP contribution in [0.25, 0.3) is 10.2 Å². The Hall–Kier alpha value is -2.35. The van der Waals surface area contributed by atoms with Gasteiger partial charge in [0.05, 0.1) is 10.2 Å². The van der Waals surface area contributed by atoms with Crippen LogP contribution in [0.2, 0.25) is 0 Å². The summed E-state index contributed by atoms with van der Waals surface area (Å²) in [7, 11) is 0. The summed E-state index contributed by atoms with van der Waals surface area (Å²) < 4.78 is 12.9. The maximum Gasteiger partial charge on any atom is 0.273 e. The topological polar surface area (TPSA) is 54.9 Å². The summed E-state index contributed by atoms with van der Waals surface area (Å²) >= 11 is 1.56. The van der Waals surface area contributed by atoms with Crippen LogP contribution in [0.15, 0.2) is 36.4 Å². The van der Waals surface area contributed by atoms with Crippen LogP contribution in [0.1, 0.15) is 25.0 Å². The highest BCUT2D eigenvalue weighted by molar-refractivity contribution is 7.22. The van der Waals surface area contributed by atoms with Crippen molar-refractivity contribution in [1.29, 1.82) is 0 Å². The lowest BCUT2D eigenvalue weighted by atomic mass is 10.1. The van der Waals surface area contributed by atoms with E-state index in [0.717, 1.165) is 29.9 Å². The summed E-state index contributed by atoms with van der Waals surface area (Å²) in [4.78, 5) is 22.5. The number of hydrogen-bond donors (Lipinski definition) is 0. The van der Waals surface area contributed by atoms with Gasteiger partial charge in [-0.05, 0) is 56.3 Å². The fraction of sp³-hybridized carbons (Fsp3) is 0.417. The number of aryl methyl sites for hydroxylation is 2. The summed E-state index contributed by atoms with van der Waals surface area (Å²) in [6, 6.07) is 11.7. The highest BCUT2D eigenvalue weighted by Crippen LogP contribution is 2.34. The normalized spacial score (nSPS) is 15.0. The number of aromatic nitrogens is 1. The van der Waals surface area contributed by atoms with E-state index < -0.39 is 6.10 Å². The van der Waals surface area contributed by atoms with Crippen molar-refractivity contribution in [3.8, 4) is 11.5 Å². The average molecular weight is 476 g/mol. The zero-order valence-electron chi connectivity index (χ0n) is 19.0. The molecule has 0 spiro atoms. The second-order valence-corrected chi connectivity index (χ2v) is 8.79. The first-order chi connectivity index (χ1) is 15.0. The number of fused-ring (bicyclic) bond motifs is 2. The van der Waals surface area contributed by atoms with Gasteiger partial charge in [0.15, 0.2) is 16.6 Å². The van der Waals surface area contributed by atoms with Crippen molar-refractivity contribution in [2.75, 3.05) is 37.7 Å². The van der Waals surface area contributed by atoms with Crippen molar-refractivity contribution in [1.82, 2.24) is 9.88 Å². The van der Waals surface area contributed by atoms with E-state index in [2.05, 4.69) is 44.7 Å². The number of carbonyl (C=O) groups excluding carboxylic acids is 1. The maximum atomic E-state index is 13.6. The van der Waals surface area contributed by atoms with Crippen LogP contribution >= 0.6 is 23.7 Å². The second-order valence-electron chi connectivity index (χ2n) is 7.81. The third-order valence-electron chi connectivity index (χ3n) is 5.62. The number of carbonyl (C=O) groups is 1. The van der Waals surface area contributed by atoms with Crippen molar-refractivity contribution >= 4 is 45.0 Å². The Labute approximate surface area is 199 Å². The van der Waals surface area contributed by atoms with Gasteiger partial charge < -0.3 is 14.4 Å². The molecule has 0 saturated heterocycles. The number of rotatable bonds is 7. The van der Waals surface area contributed by atoms with E-state index in [1.54, 1.807) is 16.2 Å². The van der Waals surface area contributed by atoms with E-state index in [1.165, 1.54) is 11.1 Å². The molecule has 8 heteroatoms. The number of nitrogens with zero attached hydrogens (tertiary/aromatic N) is 3. The molecular formula is C24H30ClN3O3S. The van der Waals surface area contributed by atoms with E-state index in [9.17, 15) is 4.79 Å². The predicted octanol–water partition coefficient (Wildman–Crippen LogP) is 4.85. The molecule has 0 saturated carbocycles. The molecule has 0 radical (unpaired) electrons. The van der Waals surface area contributed by atoms with E-state index >= 15 is 0 Å². The molecule has 1 atom stereocenters. The fourth-order valence-electron chi connectivity index (χ4n) is 3.88. The Balaban J connectivity index is 0.00000289. The standard InChI is InChI=1S/C24H29N3O3S.ClH/c1-5-26(6-2)11-12-27(24-25-18-14-16(3)13-17(4)22(18)31-24)23(28)21-15-29-19-9-7-8-10-20(19)30-21;/h7-10,13-14,21H,5-6,11-12,15H2,1-4H3;1H. The molecule has 3 aromatic rings. The minimum atomic E-state index is -0.693. The quantitative estimate of drug-likeness (QED) is 0.489. The van der Waals surface area contributed by atoms with Crippen LogP contribution in [0.4, 0.5) is 5.13 Å². The SMILES string of the molecule is CCN(CC)CCN(C(=O)C1COc2ccccc2O1)c1nc2cc(C)cc(C)c2s1.Cl. The first kappa shape index (κ1) is 24.3. The average Bonchev–Trinajstić information content (AvgIpc) is 3.20. The minimum absolute atomic E-state index is 0. The summed E-state index contributed by atoms with van der Waals surface area (Å²) in [5.41, 5.74) is 3.29. The molecule has 172 valence electrons. The maximum absolute atomic E-state index is 13.6. The van der Waals surface area contributed by atoms with Gasteiger partial charge in [-0.1, -0.05) is 43.4 Å². The molecule has 0 N–H and O–H groups in total. The molecule has 0 aliphatic carbocycles. The van der Waals surface area contributed by atoms with Gasteiger partial charge in [-0.15, -0.1) is 12.4 Å². The third-order valence-corrected chi connectivity index (χ3v) is 6.85. The molecule has 0 fully saturated rings. The number of ether oxygens (including phenoxy) is 2. The van der Waals surface area contributed by atoms with E-state index in [4.69, 9.17) is 14.5 Å². The molecule has 1 amide bonds. The largest absolute Gasteiger partial charge is 0.485 e. The highest BCUT2D eigenvalue weighted by atomic mass is 35.5. The molecule has 1 aliphatic rings. The number of hydrogen-bond acceptors (Lipinski definition) is 6. The summed E-state index contributed by atoms with van der Waals surface area (Å²) in [6.07, 6.45) is -0.693. The van der Waals surface area contributed by atoms with Gasteiger partial charge in [0.1, 0.15) is 6.61 Å². The summed E-state index contributed by atoms with van der Waals surface area (Å²) in [5.74, 6) is 1.16. The van der Waals surface area contributed by atoms with Gasteiger partial charge in [-0.2, -0.15) is 0 Å². The van der Waals surface area contributed by atoms with E-state index in [-0.39, 0.29) is 24.9 Å². The lowest BCUT2D eigenvalue weighted by Gasteiger charge is -2.30. The van der Waals surface area contributed by atoms with E-state index in [1.807, 2.05) is 24.3 Å². The molecule has 6 nitrogen and oxygen atoms in total. The Morgan fingerprint density at radius 2 is 1.84 bits per heavy atom. The molecule has 2 heterocycles. The van der Waals surface area contributed by atoms with Crippen molar-refractivity contribution in [3.63, 3.8) is 0 Å². The van der Waals surface area contributed by atoms with Crippen molar-refractivity contribution in [2.45, 2.75) is 33.8 Å². The Kier molecular flexibility index (Phi) is 7.98. The molecule has 32 heavy (non-hydrogen) atoms. The van der Waals surface area contributed by atoms with Crippen LogP contribution in [0, 0.1) is 13.8 Å². The fourth-order valence-corrected chi connectivity index (χ4v) is 4.92. The van der Waals surface area contributed by atoms with Gasteiger partial charge in [0.25, 0.3) is 5.91 Å². The Bertz CT molecular complexity index is 1080. The van der Waals surface area contributed by atoms with Gasteiger partial charge in [-0.3, -0.25) is 9.69 Å². The first-order valence-corrected chi connectivity index (χ1v) is 11.6. The number of anilines is 1. The molecule has 2 aromatic carbocycles. The summed E-state index contributed by atoms with van der Waals surface area (Å²) in [5, 5.41) is 0.711. The van der Waals surface area contributed by atoms with Crippen LogP contribution < -0.4 is 14.4 Å². The van der Waals surface area contributed by atoms with Crippen molar-refractivity contribution in [2.24, 2.45) is 0 Å². The van der Waals surface area contributed by atoms with Gasteiger partial charge in [0.2, 0.25) is 6.10 Å². The number of benzene rings is 2. The smallest absolute Gasteiger partial charge is 0.273 e. The van der Waals surface area contributed by atoms with E-state index in [0.29, 0.717) is 23.2 Å². The van der Waals surface area contributed by atoms with Crippen molar-refractivity contribution in [3.05, 3.63) is 47.5 Å². The molecule has 0 bridgehead atoms. The van der Waals surface area contributed by atoms with Crippen LogP contribution in [-0.4, -0.2) is 54.7 Å². The molecule has 1 aromatic heterocycles. The molecule has 4 rings (SSSR count). The molecule has 1 aliphatic heterocycles. The number of amides is 1. The van der Waals surface area contributed by atoms with Crippen LogP contribution in [-0.2, 0) is 4.79 Å². The first-order valence-electron chi connectivity index (χ1n) is 10.8. The summed E-state index contributed by atoms with van der Waals surface area (Å²) in [6.45, 7) is 11.8. The van der Waals surface area contributed by atoms with Gasteiger partial charge in [-0.25, -0.2) is 4.98 Å². The zero-order valence-corrected chi connectivity index (χ0v) is 20.6. The molecule has 1 unspecified atom stereocenters. The van der Waals surface area contributed by atoms with Crippen molar-refractivity contribution < 1.29 is 14.3 Å². The number of likely N-dealkylation sites (N-methyl/N-ethyl adjacent to an activating group) is 1. The third kappa shape index (κ3) is 5.00. The Morgan fingerprint density at radius 3 is 2.56 bits per heavy atom. The second kappa shape index (κ2) is 10.5. The number of para-hydroxylation sites is 2. The monoisotopic (exact) mass is 475 g/mol. The lowest BCUT2D eigenvalue weighted by Crippen LogP contribution is -2.48. The number of halogens is 1. The van der Waals surface area contributed by atoms with Gasteiger partial charge >= 0.3 is 0 Å². The molecular weight excluding hydrogens is 446 g/mol.